The standard InChI is InChI=1S/C18H29N3/c1-4-9-15(19-13-6-3)14-21-17-12-8-7-11-16(17)20-18(21)10-5-2/h7-8,11-12,15,19H,4-6,9-10,13-14H2,1-3H3. The second kappa shape index (κ2) is 8.18. The maximum absolute atomic E-state index is 4.83. The molecule has 0 amide bonds. The van der Waals surface area contributed by atoms with E-state index in [1.165, 1.54) is 30.6 Å². The van der Waals surface area contributed by atoms with Gasteiger partial charge in [-0.25, -0.2) is 4.98 Å². The molecule has 3 heteroatoms. The van der Waals surface area contributed by atoms with Gasteiger partial charge in [-0.1, -0.05) is 39.3 Å². The Labute approximate surface area is 128 Å². The molecule has 1 heterocycles. The molecular weight excluding hydrogens is 258 g/mol. The van der Waals surface area contributed by atoms with Gasteiger partial charge in [0.2, 0.25) is 0 Å². The summed E-state index contributed by atoms with van der Waals surface area (Å²) in [6.07, 6.45) is 5.83. The number of rotatable bonds is 9. The largest absolute Gasteiger partial charge is 0.326 e. The number of para-hydroxylation sites is 2. The molecule has 0 radical (unpaired) electrons. The third kappa shape index (κ3) is 4.07. The van der Waals surface area contributed by atoms with E-state index in [1.807, 2.05) is 0 Å². The van der Waals surface area contributed by atoms with Gasteiger partial charge in [0.15, 0.2) is 0 Å². The van der Waals surface area contributed by atoms with Crippen LogP contribution in [0.5, 0.6) is 0 Å². The average molecular weight is 287 g/mol. The lowest BCUT2D eigenvalue weighted by Gasteiger charge is -2.20. The Balaban J connectivity index is 2.26. The molecular formula is C18H29N3. The molecule has 0 saturated heterocycles. The zero-order valence-corrected chi connectivity index (χ0v) is 13.7. The number of hydrogen-bond acceptors (Lipinski definition) is 2. The number of nitrogens with zero attached hydrogens (tertiary/aromatic N) is 2. The Morgan fingerprint density at radius 3 is 2.62 bits per heavy atom. The van der Waals surface area contributed by atoms with Crippen molar-refractivity contribution in [3.8, 4) is 0 Å². The van der Waals surface area contributed by atoms with Gasteiger partial charge >= 0.3 is 0 Å². The Kier molecular flexibility index (Phi) is 6.24. The maximum Gasteiger partial charge on any atom is 0.109 e. The van der Waals surface area contributed by atoms with Crippen LogP contribution < -0.4 is 5.32 Å². The van der Waals surface area contributed by atoms with Crippen LogP contribution in [0.3, 0.4) is 0 Å². The van der Waals surface area contributed by atoms with Crippen LogP contribution >= 0.6 is 0 Å². The minimum Gasteiger partial charge on any atom is -0.326 e. The van der Waals surface area contributed by atoms with Gasteiger partial charge in [-0.2, -0.15) is 0 Å². The van der Waals surface area contributed by atoms with Crippen LogP contribution in [-0.4, -0.2) is 22.1 Å². The lowest BCUT2D eigenvalue weighted by atomic mass is 10.1. The van der Waals surface area contributed by atoms with Crippen molar-refractivity contribution in [1.82, 2.24) is 14.9 Å². The van der Waals surface area contributed by atoms with Crippen molar-refractivity contribution in [3.05, 3.63) is 30.1 Å². The molecule has 0 aliphatic heterocycles. The Morgan fingerprint density at radius 2 is 1.90 bits per heavy atom. The first-order chi connectivity index (χ1) is 10.3. The number of hydrogen-bond donors (Lipinski definition) is 1. The number of benzene rings is 1. The monoisotopic (exact) mass is 287 g/mol. The quantitative estimate of drug-likeness (QED) is 0.750. The fourth-order valence-corrected chi connectivity index (χ4v) is 2.92. The van der Waals surface area contributed by atoms with Gasteiger partial charge in [0.1, 0.15) is 5.82 Å². The van der Waals surface area contributed by atoms with Gasteiger partial charge in [0.05, 0.1) is 11.0 Å². The highest BCUT2D eigenvalue weighted by molar-refractivity contribution is 5.75. The molecule has 0 aliphatic carbocycles. The van der Waals surface area contributed by atoms with Gasteiger partial charge in [-0.15, -0.1) is 0 Å². The van der Waals surface area contributed by atoms with Gasteiger partial charge in [-0.05, 0) is 37.9 Å². The second-order valence-electron chi connectivity index (χ2n) is 5.82. The van der Waals surface area contributed by atoms with E-state index in [1.54, 1.807) is 0 Å². The van der Waals surface area contributed by atoms with Crippen molar-refractivity contribution >= 4 is 11.0 Å². The molecule has 0 saturated carbocycles. The van der Waals surface area contributed by atoms with Crippen LogP contribution in [0.2, 0.25) is 0 Å². The molecule has 1 aromatic carbocycles. The summed E-state index contributed by atoms with van der Waals surface area (Å²) in [4.78, 5) is 4.83. The minimum absolute atomic E-state index is 0.545. The maximum atomic E-state index is 4.83. The summed E-state index contributed by atoms with van der Waals surface area (Å²) in [5, 5.41) is 3.69. The lowest BCUT2D eigenvalue weighted by molar-refractivity contribution is 0.418. The molecule has 3 nitrogen and oxygen atoms in total. The van der Waals surface area contributed by atoms with E-state index in [0.29, 0.717) is 6.04 Å². The second-order valence-corrected chi connectivity index (χ2v) is 5.82. The molecule has 0 spiro atoms. The number of aromatic nitrogens is 2. The van der Waals surface area contributed by atoms with Gasteiger partial charge in [0.25, 0.3) is 0 Å². The SMILES string of the molecule is CCCNC(CCC)Cn1c(CCC)nc2ccccc21. The highest BCUT2D eigenvalue weighted by atomic mass is 15.1. The van der Waals surface area contributed by atoms with E-state index in [2.05, 4.69) is 54.9 Å². The summed E-state index contributed by atoms with van der Waals surface area (Å²) < 4.78 is 2.43. The van der Waals surface area contributed by atoms with E-state index in [0.717, 1.165) is 31.4 Å². The van der Waals surface area contributed by atoms with E-state index in [-0.39, 0.29) is 0 Å². The summed E-state index contributed by atoms with van der Waals surface area (Å²) in [7, 11) is 0. The highest BCUT2D eigenvalue weighted by Gasteiger charge is 2.14. The summed E-state index contributed by atoms with van der Waals surface area (Å²) in [6, 6.07) is 9.06. The first kappa shape index (κ1) is 16.0. The van der Waals surface area contributed by atoms with E-state index in [4.69, 9.17) is 4.98 Å². The average Bonchev–Trinajstić information content (AvgIpc) is 2.83. The molecule has 1 unspecified atom stereocenters. The summed E-state index contributed by atoms with van der Waals surface area (Å²) in [6.45, 7) is 8.84. The van der Waals surface area contributed by atoms with Crippen molar-refractivity contribution in [2.75, 3.05) is 6.54 Å². The van der Waals surface area contributed by atoms with Crippen LogP contribution in [0, 0.1) is 0 Å². The Bertz CT molecular complexity index is 544. The lowest BCUT2D eigenvalue weighted by Crippen LogP contribution is -2.34. The van der Waals surface area contributed by atoms with Crippen LogP contribution in [0.25, 0.3) is 11.0 Å². The molecule has 1 N–H and O–H groups in total. The summed E-state index contributed by atoms with van der Waals surface area (Å²) >= 11 is 0. The number of aryl methyl sites for hydroxylation is 1. The molecule has 116 valence electrons. The fourth-order valence-electron chi connectivity index (χ4n) is 2.92. The highest BCUT2D eigenvalue weighted by Crippen LogP contribution is 2.18. The molecule has 2 aromatic rings. The minimum atomic E-state index is 0.545. The van der Waals surface area contributed by atoms with Gasteiger partial charge < -0.3 is 9.88 Å². The first-order valence-electron chi connectivity index (χ1n) is 8.47. The third-order valence-corrected chi connectivity index (χ3v) is 3.93. The Hall–Kier alpha value is -1.35. The van der Waals surface area contributed by atoms with Crippen LogP contribution in [0.15, 0.2) is 24.3 Å². The number of fused-ring (bicyclic) bond motifs is 1. The van der Waals surface area contributed by atoms with E-state index in [9.17, 15) is 0 Å². The normalized spacial score (nSPS) is 12.9. The molecule has 21 heavy (non-hydrogen) atoms. The van der Waals surface area contributed by atoms with Gasteiger partial charge in [-0.3, -0.25) is 0 Å². The third-order valence-electron chi connectivity index (χ3n) is 3.93. The van der Waals surface area contributed by atoms with Crippen molar-refractivity contribution in [2.45, 2.75) is 65.5 Å². The van der Waals surface area contributed by atoms with E-state index < -0.39 is 0 Å². The van der Waals surface area contributed by atoms with Crippen molar-refractivity contribution in [3.63, 3.8) is 0 Å². The number of nitrogens with one attached hydrogen (secondary N) is 1. The van der Waals surface area contributed by atoms with Gasteiger partial charge in [0, 0.05) is 19.0 Å². The molecule has 0 bridgehead atoms. The predicted octanol–water partition coefficient (Wildman–Crippen LogP) is 4.16. The van der Waals surface area contributed by atoms with Crippen LogP contribution in [0.4, 0.5) is 0 Å². The number of imidazole rings is 1. The molecule has 1 atom stereocenters. The van der Waals surface area contributed by atoms with Crippen molar-refractivity contribution in [1.29, 1.82) is 0 Å². The summed E-state index contributed by atoms with van der Waals surface area (Å²) in [5.41, 5.74) is 2.41. The zero-order chi connectivity index (χ0) is 15.1. The van der Waals surface area contributed by atoms with Crippen molar-refractivity contribution in [2.24, 2.45) is 0 Å². The van der Waals surface area contributed by atoms with E-state index >= 15 is 0 Å². The smallest absolute Gasteiger partial charge is 0.109 e. The van der Waals surface area contributed by atoms with Crippen LogP contribution in [0.1, 0.15) is 52.3 Å². The summed E-state index contributed by atoms with van der Waals surface area (Å²) in [5.74, 6) is 1.23. The molecule has 0 aliphatic rings. The topological polar surface area (TPSA) is 29.9 Å². The first-order valence-corrected chi connectivity index (χ1v) is 8.47. The fraction of sp³-hybridized carbons (Fsp3) is 0.611. The Morgan fingerprint density at radius 1 is 1.10 bits per heavy atom. The van der Waals surface area contributed by atoms with Crippen LogP contribution in [-0.2, 0) is 13.0 Å². The molecule has 0 fully saturated rings. The molecule has 2 rings (SSSR count). The van der Waals surface area contributed by atoms with Crippen molar-refractivity contribution < 1.29 is 0 Å². The molecule has 1 aromatic heterocycles. The zero-order valence-electron chi connectivity index (χ0n) is 13.7. The predicted molar refractivity (Wildman–Crippen MR) is 90.7 cm³/mol.